The number of benzene rings is 4. The van der Waals surface area contributed by atoms with Crippen LogP contribution in [0.15, 0.2) is 129 Å². The zero-order chi connectivity index (χ0) is 24.6. The van der Waals surface area contributed by atoms with Gasteiger partial charge in [0.15, 0.2) is 0 Å². The van der Waals surface area contributed by atoms with E-state index in [1.807, 2.05) is 127 Å². The Morgan fingerprint density at radius 1 is 0.559 bits per heavy atom. The van der Waals surface area contributed by atoms with Gasteiger partial charge in [-0.2, -0.15) is 0 Å². The van der Waals surface area contributed by atoms with Crippen LogP contribution in [0.3, 0.4) is 0 Å². The summed E-state index contributed by atoms with van der Waals surface area (Å²) in [6, 6.07) is 35.1. The van der Waals surface area contributed by atoms with E-state index in [-0.39, 0.29) is 0 Å². The second kappa shape index (κ2) is 14.8. The average molecular weight is 449 g/mol. The van der Waals surface area contributed by atoms with Crippen LogP contribution in [-0.2, 0) is 0 Å². The lowest BCUT2D eigenvalue weighted by atomic mass is 10.0. The van der Waals surface area contributed by atoms with Crippen LogP contribution in [0.2, 0.25) is 0 Å². The minimum Gasteiger partial charge on any atom is -0.497 e. The molecule has 4 rings (SSSR count). The van der Waals surface area contributed by atoms with E-state index in [1.54, 1.807) is 7.11 Å². The van der Waals surface area contributed by atoms with Crippen molar-refractivity contribution in [3.05, 3.63) is 157 Å². The third-order valence-electron chi connectivity index (χ3n) is 4.99. The number of aliphatic hydroxyl groups excluding tert-OH is 1. The van der Waals surface area contributed by atoms with E-state index in [1.165, 1.54) is 5.56 Å². The summed E-state index contributed by atoms with van der Waals surface area (Å²) in [6.45, 7) is 11.0. The van der Waals surface area contributed by atoms with Crippen LogP contribution >= 0.6 is 0 Å². The molecule has 4 aromatic carbocycles. The average Bonchev–Trinajstić information content (AvgIpc) is 2.94. The number of hydrogen-bond acceptors (Lipinski definition) is 2. The Morgan fingerprint density at radius 3 is 1.32 bits per heavy atom. The molecule has 0 amide bonds. The molecule has 1 unspecified atom stereocenters. The molecule has 1 N–H and O–H groups in total. The van der Waals surface area contributed by atoms with Crippen LogP contribution in [0.5, 0.6) is 5.75 Å². The first-order chi connectivity index (χ1) is 16.6. The normalized spacial score (nSPS) is 10.3. The summed E-state index contributed by atoms with van der Waals surface area (Å²) in [6.07, 6.45) is 4.91. The van der Waals surface area contributed by atoms with E-state index in [4.69, 9.17) is 4.74 Å². The van der Waals surface area contributed by atoms with Gasteiger partial charge < -0.3 is 9.84 Å². The van der Waals surface area contributed by atoms with Crippen molar-refractivity contribution in [2.24, 2.45) is 0 Å². The standard InChI is InChI=1S/C14H14O2.C10H10.C8H8/c1-16-13-9-7-12(8-10-13)14(15)11-5-3-2-4-6-11;1-3-9-5-7-10(4-2)8-6-9;1-2-8-6-4-3-5-7-8/h2-10,14-15H,1H3;3-8H,1-2H2;2-7H,1H2. The van der Waals surface area contributed by atoms with Crippen LogP contribution in [0.4, 0.5) is 0 Å². The molecule has 0 aliphatic rings. The molecule has 0 saturated heterocycles. The summed E-state index contributed by atoms with van der Waals surface area (Å²) in [4.78, 5) is 0. The first-order valence-electron chi connectivity index (χ1n) is 11.0. The van der Waals surface area contributed by atoms with Crippen molar-refractivity contribution in [3.8, 4) is 5.75 Å². The molecule has 0 radical (unpaired) electrons. The van der Waals surface area contributed by atoms with Crippen LogP contribution in [0.1, 0.15) is 33.9 Å². The maximum Gasteiger partial charge on any atom is 0.118 e. The monoisotopic (exact) mass is 448 g/mol. The highest BCUT2D eigenvalue weighted by Gasteiger charge is 2.09. The number of rotatable bonds is 6. The molecular weight excluding hydrogens is 416 g/mol. The maximum atomic E-state index is 10.1. The predicted molar refractivity (Wildman–Crippen MR) is 147 cm³/mol. The lowest BCUT2D eigenvalue weighted by Crippen LogP contribution is -1.98. The Kier molecular flexibility index (Phi) is 11.4. The van der Waals surface area contributed by atoms with E-state index in [2.05, 4.69) is 19.7 Å². The zero-order valence-corrected chi connectivity index (χ0v) is 19.7. The van der Waals surface area contributed by atoms with E-state index < -0.39 is 6.10 Å². The molecule has 0 bridgehead atoms. The van der Waals surface area contributed by atoms with Crippen LogP contribution in [0.25, 0.3) is 18.2 Å². The molecule has 172 valence electrons. The van der Waals surface area contributed by atoms with Gasteiger partial charge in [-0.1, -0.05) is 135 Å². The predicted octanol–water partition coefficient (Wildman–Crippen LogP) is 8.08. The molecule has 4 aromatic rings. The van der Waals surface area contributed by atoms with Crippen molar-refractivity contribution < 1.29 is 9.84 Å². The Bertz CT molecular complexity index is 1090. The lowest BCUT2D eigenvalue weighted by molar-refractivity contribution is 0.220. The van der Waals surface area contributed by atoms with Gasteiger partial charge in [-0.3, -0.25) is 0 Å². The largest absolute Gasteiger partial charge is 0.497 e. The third kappa shape index (κ3) is 8.78. The van der Waals surface area contributed by atoms with Gasteiger partial charge in [0.2, 0.25) is 0 Å². The Balaban J connectivity index is 0.000000195. The van der Waals surface area contributed by atoms with Gasteiger partial charge in [-0.05, 0) is 39.9 Å². The van der Waals surface area contributed by atoms with Crippen molar-refractivity contribution in [2.45, 2.75) is 6.10 Å². The highest BCUT2D eigenvalue weighted by Crippen LogP contribution is 2.23. The summed E-state index contributed by atoms with van der Waals surface area (Å²) in [5.74, 6) is 0.795. The number of ether oxygens (including phenoxy) is 1. The maximum absolute atomic E-state index is 10.1. The molecule has 0 heterocycles. The first kappa shape index (κ1) is 26.1. The van der Waals surface area contributed by atoms with E-state index in [0.717, 1.165) is 28.0 Å². The van der Waals surface area contributed by atoms with Crippen LogP contribution in [-0.4, -0.2) is 12.2 Å². The molecule has 2 nitrogen and oxygen atoms in total. The quantitative estimate of drug-likeness (QED) is 0.323. The topological polar surface area (TPSA) is 29.5 Å². The molecule has 0 spiro atoms. The number of methoxy groups -OCH3 is 1. The van der Waals surface area contributed by atoms with Gasteiger partial charge in [0.25, 0.3) is 0 Å². The van der Waals surface area contributed by atoms with Gasteiger partial charge in [0.05, 0.1) is 7.11 Å². The Morgan fingerprint density at radius 2 is 0.941 bits per heavy atom. The smallest absolute Gasteiger partial charge is 0.118 e. The fourth-order valence-electron chi connectivity index (χ4n) is 2.97. The van der Waals surface area contributed by atoms with Gasteiger partial charge in [-0.15, -0.1) is 0 Å². The van der Waals surface area contributed by atoms with E-state index in [0.29, 0.717) is 0 Å². The highest BCUT2D eigenvalue weighted by molar-refractivity contribution is 5.53. The van der Waals surface area contributed by atoms with Gasteiger partial charge in [-0.25, -0.2) is 0 Å². The molecule has 0 aliphatic carbocycles. The van der Waals surface area contributed by atoms with Gasteiger partial charge in [0.1, 0.15) is 11.9 Å². The summed E-state index contributed by atoms with van der Waals surface area (Å²) in [5.41, 5.74) is 5.23. The number of hydrogen-bond donors (Lipinski definition) is 1. The van der Waals surface area contributed by atoms with Crippen molar-refractivity contribution >= 4 is 18.2 Å². The molecule has 1 atom stereocenters. The van der Waals surface area contributed by atoms with E-state index >= 15 is 0 Å². The molecule has 2 heteroatoms. The second-order valence-electron chi connectivity index (χ2n) is 7.28. The van der Waals surface area contributed by atoms with Crippen molar-refractivity contribution in [2.75, 3.05) is 7.11 Å². The molecule has 0 saturated carbocycles. The summed E-state index contributed by atoms with van der Waals surface area (Å²) in [7, 11) is 1.63. The van der Waals surface area contributed by atoms with E-state index in [9.17, 15) is 5.11 Å². The Labute approximate surface area is 203 Å². The fourth-order valence-corrected chi connectivity index (χ4v) is 2.97. The third-order valence-corrected chi connectivity index (χ3v) is 4.99. The Hall–Kier alpha value is -4.14. The fraction of sp³-hybridized carbons (Fsp3) is 0.0625. The van der Waals surface area contributed by atoms with Crippen molar-refractivity contribution in [1.29, 1.82) is 0 Å². The van der Waals surface area contributed by atoms with Crippen LogP contribution < -0.4 is 4.74 Å². The zero-order valence-electron chi connectivity index (χ0n) is 19.7. The minimum atomic E-state index is -0.577. The molecule has 0 fully saturated rings. The summed E-state index contributed by atoms with van der Waals surface area (Å²) >= 11 is 0. The molecule has 0 aromatic heterocycles. The van der Waals surface area contributed by atoms with Gasteiger partial charge in [0, 0.05) is 0 Å². The second-order valence-corrected chi connectivity index (χ2v) is 7.28. The molecule has 34 heavy (non-hydrogen) atoms. The van der Waals surface area contributed by atoms with Gasteiger partial charge >= 0.3 is 0 Å². The first-order valence-corrected chi connectivity index (χ1v) is 11.0. The highest BCUT2D eigenvalue weighted by atomic mass is 16.5. The van der Waals surface area contributed by atoms with Crippen molar-refractivity contribution in [1.82, 2.24) is 0 Å². The number of aliphatic hydroxyl groups is 1. The molecular formula is C32H32O2. The summed E-state index contributed by atoms with van der Waals surface area (Å²) < 4.78 is 5.07. The van der Waals surface area contributed by atoms with Crippen LogP contribution in [0, 0.1) is 0 Å². The minimum absolute atomic E-state index is 0.577. The molecule has 0 aliphatic heterocycles. The lowest BCUT2D eigenvalue weighted by Gasteiger charge is -2.11. The SMILES string of the molecule is C=Cc1ccc(C=C)cc1.C=Cc1ccccc1.COc1ccc(C(O)c2ccccc2)cc1. The van der Waals surface area contributed by atoms with Crippen molar-refractivity contribution in [3.63, 3.8) is 0 Å². The summed E-state index contributed by atoms with van der Waals surface area (Å²) in [5, 5.41) is 10.1.